The molecule has 1 aromatic rings. The van der Waals surface area contributed by atoms with Gasteiger partial charge < -0.3 is 5.73 Å². The molecule has 1 atom stereocenters. The summed E-state index contributed by atoms with van der Waals surface area (Å²) < 4.78 is 2.00. The van der Waals surface area contributed by atoms with Gasteiger partial charge in [-0.15, -0.1) is 0 Å². The molecule has 0 aliphatic rings. The second kappa shape index (κ2) is 3.05. The Morgan fingerprint density at radius 3 is 2.64 bits per heavy atom. The molecule has 0 aromatic carbocycles. The average molecular weight is 154 g/mol. The predicted octanol–water partition coefficient (Wildman–Crippen LogP) is 0.514. The van der Waals surface area contributed by atoms with Gasteiger partial charge in [0, 0.05) is 17.8 Å². The predicted molar refractivity (Wildman–Crippen MR) is 43.9 cm³/mol. The molecule has 1 aromatic heterocycles. The minimum Gasteiger partial charge on any atom is -0.351 e. The van der Waals surface area contributed by atoms with E-state index < -0.39 is 0 Å². The van der Waals surface area contributed by atoms with Crippen LogP contribution in [0, 0.1) is 6.92 Å². The SMILES string of the molecule is CCn1ncc([C@H](C)[NH3+])c1C. The molecule has 0 spiro atoms. The van der Waals surface area contributed by atoms with Crippen molar-refractivity contribution in [2.24, 2.45) is 0 Å². The second-order valence-corrected chi connectivity index (χ2v) is 2.90. The molecule has 0 unspecified atom stereocenters. The van der Waals surface area contributed by atoms with Gasteiger partial charge in [-0.25, -0.2) is 0 Å². The van der Waals surface area contributed by atoms with Crippen molar-refractivity contribution in [2.75, 3.05) is 0 Å². The number of aromatic nitrogens is 2. The number of nitrogens with zero attached hydrogens (tertiary/aromatic N) is 2. The van der Waals surface area contributed by atoms with E-state index in [2.05, 4.69) is 31.6 Å². The highest BCUT2D eigenvalue weighted by Gasteiger charge is 2.10. The Morgan fingerprint density at radius 2 is 2.36 bits per heavy atom. The summed E-state index contributed by atoms with van der Waals surface area (Å²) in [6, 6.07) is 0.343. The molecule has 0 bridgehead atoms. The third kappa shape index (κ3) is 1.43. The summed E-state index contributed by atoms with van der Waals surface area (Å²) >= 11 is 0. The molecule has 3 heteroatoms. The summed E-state index contributed by atoms with van der Waals surface area (Å²) in [7, 11) is 0. The molecule has 3 nitrogen and oxygen atoms in total. The lowest BCUT2D eigenvalue weighted by molar-refractivity contribution is -0.420. The Kier molecular flexibility index (Phi) is 2.29. The Balaban J connectivity index is 3.00. The Morgan fingerprint density at radius 1 is 1.73 bits per heavy atom. The maximum Gasteiger partial charge on any atom is 0.110 e. The zero-order valence-corrected chi connectivity index (χ0v) is 7.46. The van der Waals surface area contributed by atoms with Crippen molar-refractivity contribution >= 4 is 0 Å². The van der Waals surface area contributed by atoms with Crippen molar-refractivity contribution < 1.29 is 5.73 Å². The van der Waals surface area contributed by atoms with Crippen LogP contribution in [-0.2, 0) is 6.54 Å². The Bertz CT molecular complexity index is 237. The van der Waals surface area contributed by atoms with Gasteiger partial charge in [0.1, 0.15) is 6.04 Å². The molecule has 0 amide bonds. The van der Waals surface area contributed by atoms with E-state index in [9.17, 15) is 0 Å². The van der Waals surface area contributed by atoms with E-state index in [1.54, 1.807) is 0 Å². The van der Waals surface area contributed by atoms with Crippen LogP contribution in [0.15, 0.2) is 6.20 Å². The molecule has 3 N–H and O–H groups in total. The first-order valence-electron chi connectivity index (χ1n) is 4.02. The van der Waals surface area contributed by atoms with E-state index in [4.69, 9.17) is 0 Å². The van der Waals surface area contributed by atoms with Gasteiger partial charge in [-0.1, -0.05) is 0 Å². The molecule has 0 fully saturated rings. The minimum atomic E-state index is 0.343. The first-order valence-corrected chi connectivity index (χ1v) is 4.02. The maximum absolute atomic E-state index is 4.23. The van der Waals surface area contributed by atoms with E-state index in [1.165, 1.54) is 11.3 Å². The number of quaternary nitrogens is 1. The van der Waals surface area contributed by atoms with E-state index in [1.807, 2.05) is 10.9 Å². The molecule has 0 saturated heterocycles. The zero-order valence-electron chi connectivity index (χ0n) is 7.46. The molecular weight excluding hydrogens is 138 g/mol. The molecule has 0 saturated carbocycles. The minimum absolute atomic E-state index is 0.343. The van der Waals surface area contributed by atoms with E-state index in [0.29, 0.717) is 6.04 Å². The van der Waals surface area contributed by atoms with Gasteiger partial charge in [0.2, 0.25) is 0 Å². The summed E-state index contributed by atoms with van der Waals surface area (Å²) in [4.78, 5) is 0. The van der Waals surface area contributed by atoms with Crippen LogP contribution in [0.1, 0.15) is 31.1 Å². The van der Waals surface area contributed by atoms with Gasteiger partial charge in [0.05, 0.1) is 6.20 Å². The van der Waals surface area contributed by atoms with Gasteiger partial charge >= 0.3 is 0 Å². The Labute approximate surface area is 67.2 Å². The van der Waals surface area contributed by atoms with Crippen LogP contribution in [0.4, 0.5) is 0 Å². The van der Waals surface area contributed by atoms with Crippen molar-refractivity contribution in [2.45, 2.75) is 33.4 Å². The summed E-state index contributed by atoms with van der Waals surface area (Å²) in [5.41, 5.74) is 6.47. The molecule has 0 radical (unpaired) electrons. The number of hydrogen-bond donors (Lipinski definition) is 1. The third-order valence-corrected chi connectivity index (χ3v) is 1.97. The molecular formula is C8H16N3+. The standard InChI is InChI=1S/C8H15N3/c1-4-11-7(3)8(5-10-11)6(2)9/h5-6H,4,9H2,1-3H3/p+1/t6-/m0/s1. The quantitative estimate of drug-likeness (QED) is 0.663. The number of aryl methyl sites for hydroxylation is 1. The van der Waals surface area contributed by atoms with E-state index in [-0.39, 0.29) is 0 Å². The monoisotopic (exact) mass is 154 g/mol. The highest BCUT2D eigenvalue weighted by atomic mass is 15.3. The summed E-state index contributed by atoms with van der Waals surface area (Å²) in [6.45, 7) is 7.22. The summed E-state index contributed by atoms with van der Waals surface area (Å²) in [5.74, 6) is 0. The highest BCUT2D eigenvalue weighted by Crippen LogP contribution is 2.12. The van der Waals surface area contributed by atoms with E-state index >= 15 is 0 Å². The van der Waals surface area contributed by atoms with Crippen molar-refractivity contribution in [3.63, 3.8) is 0 Å². The van der Waals surface area contributed by atoms with Crippen LogP contribution in [0.25, 0.3) is 0 Å². The highest BCUT2D eigenvalue weighted by molar-refractivity contribution is 5.17. The second-order valence-electron chi connectivity index (χ2n) is 2.90. The van der Waals surface area contributed by atoms with Gasteiger partial charge in [0.25, 0.3) is 0 Å². The number of rotatable bonds is 2. The van der Waals surface area contributed by atoms with Gasteiger partial charge in [-0.2, -0.15) is 5.10 Å². The van der Waals surface area contributed by atoms with Crippen molar-refractivity contribution in [1.82, 2.24) is 9.78 Å². The fourth-order valence-electron chi connectivity index (χ4n) is 1.26. The summed E-state index contributed by atoms with van der Waals surface area (Å²) in [6.07, 6.45) is 1.91. The summed E-state index contributed by atoms with van der Waals surface area (Å²) in [5, 5.41) is 4.23. The van der Waals surface area contributed by atoms with Crippen LogP contribution in [-0.4, -0.2) is 9.78 Å². The maximum atomic E-state index is 4.23. The lowest BCUT2D eigenvalue weighted by atomic mass is 10.1. The van der Waals surface area contributed by atoms with Crippen LogP contribution in [0.2, 0.25) is 0 Å². The fourth-order valence-corrected chi connectivity index (χ4v) is 1.26. The van der Waals surface area contributed by atoms with Gasteiger partial charge in [-0.05, 0) is 20.8 Å². The molecule has 1 rings (SSSR count). The van der Waals surface area contributed by atoms with Gasteiger partial charge in [-0.3, -0.25) is 4.68 Å². The largest absolute Gasteiger partial charge is 0.351 e. The lowest BCUT2D eigenvalue weighted by Gasteiger charge is -2.02. The van der Waals surface area contributed by atoms with Crippen LogP contribution in [0.3, 0.4) is 0 Å². The van der Waals surface area contributed by atoms with Crippen molar-refractivity contribution in [3.8, 4) is 0 Å². The zero-order chi connectivity index (χ0) is 8.43. The Hall–Kier alpha value is -0.830. The molecule has 11 heavy (non-hydrogen) atoms. The van der Waals surface area contributed by atoms with Crippen LogP contribution in [0.5, 0.6) is 0 Å². The third-order valence-electron chi connectivity index (χ3n) is 1.97. The molecule has 1 heterocycles. The fraction of sp³-hybridized carbons (Fsp3) is 0.625. The van der Waals surface area contributed by atoms with Crippen LogP contribution < -0.4 is 5.73 Å². The van der Waals surface area contributed by atoms with Gasteiger partial charge in [0.15, 0.2) is 0 Å². The number of hydrogen-bond acceptors (Lipinski definition) is 1. The lowest BCUT2D eigenvalue weighted by Crippen LogP contribution is -2.51. The normalized spacial score (nSPS) is 13.5. The topological polar surface area (TPSA) is 45.5 Å². The van der Waals surface area contributed by atoms with Crippen molar-refractivity contribution in [3.05, 3.63) is 17.5 Å². The smallest absolute Gasteiger partial charge is 0.110 e. The van der Waals surface area contributed by atoms with E-state index in [0.717, 1.165) is 6.54 Å². The molecule has 0 aliphatic heterocycles. The first kappa shape index (κ1) is 8.27. The first-order chi connectivity index (χ1) is 5.16. The molecule has 62 valence electrons. The van der Waals surface area contributed by atoms with Crippen molar-refractivity contribution in [1.29, 1.82) is 0 Å². The average Bonchev–Trinajstić information content (AvgIpc) is 2.30. The molecule has 0 aliphatic carbocycles. The van der Waals surface area contributed by atoms with Crippen LogP contribution >= 0.6 is 0 Å².